The fraction of sp³-hybridized carbons (Fsp3) is 0.800. The molecule has 0 aromatic carbocycles. The van der Waals surface area contributed by atoms with Crippen LogP contribution in [0.3, 0.4) is 0 Å². The first-order chi connectivity index (χ1) is 7.20. The molecule has 0 aliphatic carbocycles. The van der Waals surface area contributed by atoms with Gasteiger partial charge in [-0.05, 0) is 12.3 Å². The molecule has 1 aliphatic rings. The van der Waals surface area contributed by atoms with Crippen molar-refractivity contribution in [3.8, 4) is 0 Å². The number of rotatable bonds is 2. The molecule has 0 saturated carbocycles. The van der Waals surface area contributed by atoms with Crippen molar-refractivity contribution in [3.63, 3.8) is 0 Å². The lowest BCUT2D eigenvalue weighted by Gasteiger charge is -2.33. The largest absolute Gasteiger partial charge is 0.391 e. The quantitative estimate of drug-likeness (QED) is 0.827. The topological polar surface area (TPSA) is 49.2 Å². The molecule has 0 bridgehead atoms. The van der Waals surface area contributed by atoms with Gasteiger partial charge in [0, 0.05) is 31.0 Å². The van der Waals surface area contributed by atoms with Gasteiger partial charge < -0.3 is 10.0 Å². The summed E-state index contributed by atoms with van der Waals surface area (Å²) in [5.74, 6) is 1.31. The molecule has 2 atom stereocenters. The van der Waals surface area contributed by atoms with Crippen LogP contribution in [-0.4, -0.2) is 33.7 Å². The normalized spacial score (nSPS) is 27.0. The van der Waals surface area contributed by atoms with Gasteiger partial charge in [0.05, 0.1) is 6.10 Å². The molecular formula is C10H17N3OS. The zero-order valence-corrected chi connectivity index (χ0v) is 10.00. The number of nitrogens with zero attached hydrogens (tertiary/aromatic N) is 3. The van der Waals surface area contributed by atoms with Crippen LogP contribution >= 0.6 is 11.5 Å². The summed E-state index contributed by atoms with van der Waals surface area (Å²) in [7, 11) is 0. The summed E-state index contributed by atoms with van der Waals surface area (Å²) in [5.41, 5.74) is 0. The third-order valence-corrected chi connectivity index (χ3v) is 3.78. The van der Waals surface area contributed by atoms with Crippen molar-refractivity contribution in [3.05, 3.63) is 5.82 Å². The first-order valence-electron chi connectivity index (χ1n) is 5.46. The Labute approximate surface area is 94.1 Å². The van der Waals surface area contributed by atoms with E-state index in [1.165, 1.54) is 11.5 Å². The van der Waals surface area contributed by atoms with E-state index >= 15 is 0 Å². The molecule has 2 heterocycles. The second-order valence-corrected chi connectivity index (χ2v) is 4.86. The number of piperidine rings is 1. The van der Waals surface area contributed by atoms with Crippen LogP contribution in [-0.2, 0) is 6.42 Å². The lowest BCUT2D eigenvalue weighted by Crippen LogP contribution is -2.42. The Morgan fingerprint density at radius 2 is 2.40 bits per heavy atom. The van der Waals surface area contributed by atoms with E-state index in [0.717, 1.165) is 30.3 Å². The molecule has 1 saturated heterocycles. The van der Waals surface area contributed by atoms with Crippen LogP contribution in [0.25, 0.3) is 0 Å². The second-order valence-electron chi connectivity index (χ2n) is 4.13. The summed E-state index contributed by atoms with van der Waals surface area (Å²) in [6.45, 7) is 5.83. The van der Waals surface area contributed by atoms with Crippen molar-refractivity contribution in [2.45, 2.75) is 32.8 Å². The van der Waals surface area contributed by atoms with E-state index in [0.29, 0.717) is 12.5 Å². The third kappa shape index (κ3) is 2.29. The number of aliphatic hydroxyl groups excluding tert-OH is 1. The number of anilines is 1. The predicted molar refractivity (Wildman–Crippen MR) is 61.3 cm³/mol. The Hall–Kier alpha value is -0.680. The summed E-state index contributed by atoms with van der Waals surface area (Å²) in [4.78, 5) is 6.57. The molecule has 84 valence electrons. The van der Waals surface area contributed by atoms with E-state index in [2.05, 4.69) is 28.1 Å². The summed E-state index contributed by atoms with van der Waals surface area (Å²) < 4.78 is 4.26. The molecule has 0 radical (unpaired) electrons. The third-order valence-electron chi connectivity index (χ3n) is 2.96. The smallest absolute Gasteiger partial charge is 0.205 e. The molecule has 1 aromatic rings. The Kier molecular flexibility index (Phi) is 3.21. The van der Waals surface area contributed by atoms with E-state index < -0.39 is 0 Å². The zero-order chi connectivity index (χ0) is 10.8. The Morgan fingerprint density at radius 3 is 3.00 bits per heavy atom. The second kappa shape index (κ2) is 4.45. The Balaban J connectivity index is 2.05. The highest BCUT2D eigenvalue weighted by molar-refractivity contribution is 7.09. The van der Waals surface area contributed by atoms with Crippen LogP contribution in [0.1, 0.15) is 26.1 Å². The monoisotopic (exact) mass is 227 g/mol. The maximum atomic E-state index is 9.79. The summed E-state index contributed by atoms with van der Waals surface area (Å²) in [5, 5.41) is 10.7. The van der Waals surface area contributed by atoms with E-state index in [-0.39, 0.29) is 6.10 Å². The molecule has 5 heteroatoms. The molecule has 0 spiro atoms. The van der Waals surface area contributed by atoms with Gasteiger partial charge in [0.25, 0.3) is 0 Å². The van der Waals surface area contributed by atoms with Crippen molar-refractivity contribution < 1.29 is 5.11 Å². The fourth-order valence-corrected chi connectivity index (χ4v) is 2.52. The van der Waals surface area contributed by atoms with Gasteiger partial charge in [0.1, 0.15) is 5.82 Å². The summed E-state index contributed by atoms with van der Waals surface area (Å²) >= 11 is 1.44. The van der Waals surface area contributed by atoms with Gasteiger partial charge in [-0.1, -0.05) is 13.8 Å². The molecule has 4 nitrogen and oxygen atoms in total. The van der Waals surface area contributed by atoms with Gasteiger partial charge in [0.15, 0.2) is 0 Å². The lowest BCUT2D eigenvalue weighted by molar-refractivity contribution is 0.103. The average molecular weight is 227 g/mol. The van der Waals surface area contributed by atoms with Crippen molar-refractivity contribution in [1.82, 2.24) is 9.36 Å². The van der Waals surface area contributed by atoms with Gasteiger partial charge in [0.2, 0.25) is 5.13 Å². The van der Waals surface area contributed by atoms with Crippen molar-refractivity contribution in [2.75, 3.05) is 18.0 Å². The van der Waals surface area contributed by atoms with Gasteiger partial charge in [-0.15, -0.1) is 0 Å². The Morgan fingerprint density at radius 1 is 1.60 bits per heavy atom. The minimum Gasteiger partial charge on any atom is -0.391 e. The highest BCUT2D eigenvalue weighted by atomic mass is 32.1. The summed E-state index contributed by atoms with van der Waals surface area (Å²) in [6.07, 6.45) is 1.68. The van der Waals surface area contributed by atoms with Crippen LogP contribution in [0.15, 0.2) is 0 Å². The number of aliphatic hydroxyl groups is 1. The highest BCUT2D eigenvalue weighted by Crippen LogP contribution is 2.24. The average Bonchev–Trinajstić information content (AvgIpc) is 2.70. The fourth-order valence-electron chi connectivity index (χ4n) is 1.74. The number of hydrogen-bond acceptors (Lipinski definition) is 5. The SMILES string of the molecule is CCc1nsc(N2CCC(C)C(O)C2)n1. The number of hydrogen-bond donors (Lipinski definition) is 1. The van der Waals surface area contributed by atoms with Crippen LogP contribution in [0.2, 0.25) is 0 Å². The molecule has 1 N–H and O–H groups in total. The Bertz CT molecular complexity index is 328. The maximum Gasteiger partial charge on any atom is 0.205 e. The minimum atomic E-state index is -0.229. The van der Waals surface area contributed by atoms with E-state index in [9.17, 15) is 5.11 Å². The maximum absolute atomic E-state index is 9.79. The molecule has 0 amide bonds. The molecule has 1 fully saturated rings. The molecular weight excluding hydrogens is 210 g/mol. The van der Waals surface area contributed by atoms with Gasteiger partial charge in [-0.2, -0.15) is 4.37 Å². The molecule has 1 aliphatic heterocycles. The summed E-state index contributed by atoms with van der Waals surface area (Å²) in [6, 6.07) is 0. The van der Waals surface area contributed by atoms with Crippen LogP contribution < -0.4 is 4.90 Å². The van der Waals surface area contributed by atoms with Crippen molar-refractivity contribution in [2.24, 2.45) is 5.92 Å². The minimum absolute atomic E-state index is 0.229. The van der Waals surface area contributed by atoms with Gasteiger partial charge in [-0.3, -0.25) is 0 Å². The first-order valence-corrected chi connectivity index (χ1v) is 6.23. The van der Waals surface area contributed by atoms with E-state index in [1.54, 1.807) is 0 Å². The number of aromatic nitrogens is 2. The standard InChI is InChI=1S/C10H17N3OS/c1-3-9-11-10(15-12-9)13-5-4-7(2)8(14)6-13/h7-8,14H,3-6H2,1-2H3. The van der Waals surface area contributed by atoms with Crippen molar-refractivity contribution >= 4 is 16.7 Å². The molecule has 1 aromatic heterocycles. The molecule has 15 heavy (non-hydrogen) atoms. The van der Waals surface area contributed by atoms with E-state index in [1.807, 2.05) is 0 Å². The first kappa shape index (κ1) is 10.8. The van der Waals surface area contributed by atoms with Gasteiger partial charge in [-0.25, -0.2) is 4.98 Å². The van der Waals surface area contributed by atoms with Crippen LogP contribution in [0.5, 0.6) is 0 Å². The van der Waals surface area contributed by atoms with Crippen LogP contribution in [0, 0.1) is 5.92 Å². The number of aryl methyl sites for hydroxylation is 1. The van der Waals surface area contributed by atoms with Crippen molar-refractivity contribution in [1.29, 1.82) is 0 Å². The van der Waals surface area contributed by atoms with Crippen LogP contribution in [0.4, 0.5) is 5.13 Å². The predicted octanol–water partition coefficient (Wildman–Crippen LogP) is 1.31. The molecule has 2 rings (SSSR count). The van der Waals surface area contributed by atoms with Gasteiger partial charge >= 0.3 is 0 Å². The number of β-amino-alcohol motifs (C(OH)–C–C–N with tert-alkyl or cyclic N) is 1. The zero-order valence-electron chi connectivity index (χ0n) is 9.18. The van der Waals surface area contributed by atoms with E-state index in [4.69, 9.17) is 0 Å². The highest BCUT2D eigenvalue weighted by Gasteiger charge is 2.26. The molecule has 2 unspecified atom stereocenters. The lowest BCUT2D eigenvalue weighted by atomic mass is 9.96.